The Balaban J connectivity index is 1.57. The summed E-state index contributed by atoms with van der Waals surface area (Å²) >= 11 is 1.93. The third-order valence-corrected chi connectivity index (χ3v) is 6.09. The summed E-state index contributed by atoms with van der Waals surface area (Å²) in [7, 11) is 0. The van der Waals surface area contributed by atoms with E-state index >= 15 is 0 Å². The van der Waals surface area contributed by atoms with E-state index in [1.165, 1.54) is 17.0 Å². The molecule has 0 aliphatic carbocycles. The molecule has 2 saturated heterocycles. The summed E-state index contributed by atoms with van der Waals surface area (Å²) in [6.45, 7) is 2.19. The molecule has 0 radical (unpaired) electrons. The van der Waals surface area contributed by atoms with Gasteiger partial charge in [-0.2, -0.15) is 0 Å². The van der Waals surface area contributed by atoms with E-state index in [9.17, 15) is 23.1 Å². The molecule has 1 unspecified atom stereocenters. The van der Waals surface area contributed by atoms with Crippen LogP contribution < -0.4 is 16.0 Å². The lowest BCUT2D eigenvalue weighted by Crippen LogP contribution is -2.74. The largest absolute Gasteiger partial charge is 0.384 e. The van der Waals surface area contributed by atoms with Crippen LogP contribution in [0.2, 0.25) is 0 Å². The number of piperazine rings is 1. The first-order chi connectivity index (χ1) is 14.3. The lowest BCUT2D eigenvalue weighted by Gasteiger charge is -2.51. The molecule has 1 atom stereocenters. The zero-order chi connectivity index (χ0) is 21.5. The summed E-state index contributed by atoms with van der Waals surface area (Å²) in [5.74, 6) is -3.65. The van der Waals surface area contributed by atoms with Gasteiger partial charge in [-0.1, -0.05) is 0 Å². The predicted molar refractivity (Wildman–Crippen MR) is 114 cm³/mol. The number of likely N-dealkylation sites (tertiary alicyclic amines) is 1. The van der Waals surface area contributed by atoms with E-state index in [1.807, 2.05) is 22.6 Å². The number of nitrogens with zero attached hydrogens (tertiary/aromatic N) is 1. The molecule has 30 heavy (non-hydrogen) atoms. The van der Waals surface area contributed by atoms with Gasteiger partial charge in [0.05, 0.1) is 36.1 Å². The Hall–Kier alpha value is -1.89. The van der Waals surface area contributed by atoms with Gasteiger partial charge in [0.25, 0.3) is 5.91 Å². The second-order valence-corrected chi connectivity index (χ2v) is 8.75. The van der Waals surface area contributed by atoms with Gasteiger partial charge >= 0.3 is 0 Å². The average Bonchev–Trinajstić information content (AvgIpc) is 2.71. The maximum atomic E-state index is 14.5. The van der Waals surface area contributed by atoms with Gasteiger partial charge in [0.1, 0.15) is 11.4 Å². The minimum atomic E-state index is -1.27. The molecule has 2 aromatic rings. The van der Waals surface area contributed by atoms with Gasteiger partial charge in [0.2, 0.25) is 0 Å². The predicted octanol–water partition coefficient (Wildman–Crippen LogP) is 2.20. The van der Waals surface area contributed by atoms with Gasteiger partial charge < -0.3 is 26.0 Å². The van der Waals surface area contributed by atoms with Crippen molar-refractivity contribution in [2.24, 2.45) is 0 Å². The Morgan fingerprint density at radius 2 is 1.93 bits per heavy atom. The number of β-amino-alcohol motifs (C(OH)–C–C–N with tert-alkyl or cyclic N) is 1. The smallest absolute Gasteiger partial charge is 0.256 e. The number of nitrogens with one attached hydrogen (secondary N) is 3. The maximum Gasteiger partial charge on any atom is 0.256 e. The molecule has 6 nitrogen and oxygen atoms in total. The molecule has 2 aliphatic heterocycles. The van der Waals surface area contributed by atoms with Crippen molar-refractivity contribution in [1.82, 2.24) is 15.5 Å². The van der Waals surface area contributed by atoms with Crippen molar-refractivity contribution in [2.45, 2.75) is 11.6 Å². The van der Waals surface area contributed by atoms with E-state index in [0.29, 0.717) is 16.7 Å². The average molecular weight is 532 g/mol. The van der Waals surface area contributed by atoms with Gasteiger partial charge in [-0.15, -0.1) is 0 Å². The summed E-state index contributed by atoms with van der Waals surface area (Å²) in [5.41, 5.74) is -1.75. The van der Waals surface area contributed by atoms with Gasteiger partial charge in [-0.05, 0) is 52.9 Å². The number of rotatable bonds is 4. The van der Waals surface area contributed by atoms with Crippen molar-refractivity contribution in [2.75, 3.05) is 38.0 Å². The fourth-order valence-electron chi connectivity index (χ4n) is 3.76. The molecule has 0 bridgehead atoms. The summed E-state index contributed by atoms with van der Waals surface area (Å²) < 4.78 is 43.3. The standard InChI is InChI=1S/C20H20F3IN4O2/c21-13-3-2-12(18(17(13)23)27-15-4-1-11(24)7-14(15)22)19(29)28-9-20(30,10-28)16-8-25-5-6-26-16/h1-4,7,16,25-27,30H,5-6,8-10H2. The minimum absolute atomic E-state index is 0.0571. The number of halogens is 4. The first-order valence-corrected chi connectivity index (χ1v) is 10.5. The fraction of sp³-hybridized carbons (Fsp3) is 0.350. The van der Waals surface area contributed by atoms with Crippen molar-refractivity contribution in [3.05, 3.63) is 56.9 Å². The molecule has 4 rings (SSSR count). The van der Waals surface area contributed by atoms with Crippen LogP contribution in [0.4, 0.5) is 24.5 Å². The SMILES string of the molecule is O=C(c1ccc(F)c(F)c1Nc1ccc(I)cc1F)N1CC(O)(C2CNCCN2)C1. The lowest BCUT2D eigenvalue weighted by molar-refractivity contribution is -0.106. The first kappa shape index (κ1) is 21.3. The van der Waals surface area contributed by atoms with Crippen molar-refractivity contribution < 1.29 is 23.1 Å². The van der Waals surface area contributed by atoms with E-state index in [-0.39, 0.29) is 30.4 Å². The van der Waals surface area contributed by atoms with Crippen LogP contribution in [-0.2, 0) is 0 Å². The minimum Gasteiger partial charge on any atom is -0.384 e. The molecular weight excluding hydrogens is 512 g/mol. The summed E-state index contributed by atoms with van der Waals surface area (Å²) in [4.78, 5) is 14.3. The number of aliphatic hydroxyl groups is 1. The normalized spacial score (nSPS) is 20.6. The molecule has 0 saturated carbocycles. The highest BCUT2D eigenvalue weighted by Gasteiger charge is 2.50. The summed E-state index contributed by atoms with van der Waals surface area (Å²) in [5, 5.41) is 19.7. The molecule has 10 heteroatoms. The van der Waals surface area contributed by atoms with E-state index in [0.717, 1.165) is 18.7 Å². The molecule has 1 amide bonds. The second kappa shape index (κ2) is 8.33. The highest BCUT2D eigenvalue weighted by molar-refractivity contribution is 14.1. The molecule has 2 aliphatic rings. The van der Waals surface area contributed by atoms with Crippen LogP contribution in [0.5, 0.6) is 0 Å². The lowest BCUT2D eigenvalue weighted by atomic mass is 9.84. The molecule has 0 spiro atoms. The van der Waals surface area contributed by atoms with Crippen LogP contribution in [0.1, 0.15) is 10.4 Å². The quantitative estimate of drug-likeness (QED) is 0.455. The molecule has 2 heterocycles. The number of benzene rings is 2. The van der Waals surface area contributed by atoms with E-state index in [4.69, 9.17) is 0 Å². The van der Waals surface area contributed by atoms with Gasteiger partial charge in [-0.3, -0.25) is 4.79 Å². The number of carbonyl (C=O) groups is 1. The Morgan fingerprint density at radius 1 is 1.17 bits per heavy atom. The van der Waals surface area contributed by atoms with Crippen molar-refractivity contribution in [1.29, 1.82) is 0 Å². The Bertz CT molecular complexity index is 979. The van der Waals surface area contributed by atoms with Crippen molar-refractivity contribution in [3.8, 4) is 0 Å². The van der Waals surface area contributed by atoms with Gasteiger partial charge in [0, 0.05) is 23.2 Å². The Labute approximate surface area is 185 Å². The van der Waals surface area contributed by atoms with E-state index in [1.54, 1.807) is 6.07 Å². The molecule has 2 fully saturated rings. The number of hydrogen-bond acceptors (Lipinski definition) is 5. The van der Waals surface area contributed by atoms with Crippen molar-refractivity contribution >= 4 is 39.9 Å². The Morgan fingerprint density at radius 3 is 2.60 bits per heavy atom. The van der Waals surface area contributed by atoms with E-state index in [2.05, 4.69) is 16.0 Å². The highest BCUT2D eigenvalue weighted by Crippen LogP contribution is 2.32. The Kier molecular flexibility index (Phi) is 5.93. The van der Waals surface area contributed by atoms with Gasteiger partial charge in [-0.25, -0.2) is 13.2 Å². The zero-order valence-corrected chi connectivity index (χ0v) is 18.0. The third-order valence-electron chi connectivity index (χ3n) is 5.42. The van der Waals surface area contributed by atoms with E-state index < -0.39 is 34.6 Å². The highest BCUT2D eigenvalue weighted by atomic mass is 127. The fourth-order valence-corrected chi connectivity index (χ4v) is 4.21. The third kappa shape index (κ3) is 4.01. The number of hydrogen-bond donors (Lipinski definition) is 4. The molecule has 4 N–H and O–H groups in total. The number of anilines is 2. The number of amides is 1. The maximum absolute atomic E-state index is 14.5. The van der Waals surface area contributed by atoms with Crippen LogP contribution in [0.15, 0.2) is 30.3 Å². The second-order valence-electron chi connectivity index (χ2n) is 7.51. The molecular formula is C20H20F3IN4O2. The molecule has 0 aromatic heterocycles. The zero-order valence-electron chi connectivity index (χ0n) is 15.8. The van der Waals surface area contributed by atoms with Gasteiger partial charge in [0.15, 0.2) is 11.6 Å². The number of carbonyl (C=O) groups excluding carboxylic acids is 1. The molecule has 2 aromatic carbocycles. The first-order valence-electron chi connectivity index (χ1n) is 9.44. The molecule has 160 valence electrons. The van der Waals surface area contributed by atoms with Crippen LogP contribution in [0.25, 0.3) is 0 Å². The summed E-state index contributed by atoms with van der Waals surface area (Å²) in [6, 6.07) is 6.04. The van der Waals surface area contributed by atoms with Crippen LogP contribution >= 0.6 is 22.6 Å². The monoisotopic (exact) mass is 532 g/mol. The summed E-state index contributed by atoms with van der Waals surface area (Å²) in [6.07, 6.45) is 0. The van der Waals surface area contributed by atoms with Crippen LogP contribution in [0, 0.1) is 21.0 Å². The topological polar surface area (TPSA) is 76.6 Å². The van der Waals surface area contributed by atoms with Crippen molar-refractivity contribution in [3.63, 3.8) is 0 Å². The van der Waals surface area contributed by atoms with Crippen LogP contribution in [0.3, 0.4) is 0 Å². The van der Waals surface area contributed by atoms with Crippen LogP contribution in [-0.4, -0.2) is 60.3 Å².